The Labute approximate surface area is 194 Å². The Hall–Kier alpha value is -3.24. The minimum atomic E-state index is -3.99. The minimum absolute atomic E-state index is 0.00717. The van der Waals surface area contributed by atoms with E-state index < -0.39 is 20.0 Å². The number of anilines is 2. The van der Waals surface area contributed by atoms with Gasteiger partial charge in [-0.2, -0.15) is 0 Å². The molecule has 0 aliphatic carbocycles. The smallest absolute Gasteiger partial charge is 0.262 e. The molecule has 0 saturated carbocycles. The largest absolute Gasteiger partial charge is 0.497 e. The predicted octanol–water partition coefficient (Wildman–Crippen LogP) is 4.26. The predicted molar refractivity (Wildman–Crippen MR) is 128 cm³/mol. The Kier molecular flexibility index (Phi) is 7.50. The van der Waals surface area contributed by atoms with Gasteiger partial charge in [-0.3, -0.25) is 9.44 Å². The average Bonchev–Trinajstić information content (AvgIpc) is 2.79. The molecular weight excluding hydrogens is 464 g/mol. The van der Waals surface area contributed by atoms with Gasteiger partial charge in [-0.25, -0.2) is 16.8 Å². The molecule has 0 bridgehead atoms. The van der Waals surface area contributed by atoms with Gasteiger partial charge in [0.1, 0.15) is 11.5 Å². The lowest BCUT2D eigenvalue weighted by Crippen LogP contribution is -2.16. The summed E-state index contributed by atoms with van der Waals surface area (Å²) in [5.74, 6) is 0.770. The van der Waals surface area contributed by atoms with Crippen molar-refractivity contribution < 1.29 is 26.3 Å². The Morgan fingerprint density at radius 1 is 0.727 bits per heavy atom. The van der Waals surface area contributed by atoms with Crippen molar-refractivity contribution in [2.75, 3.05) is 23.7 Å². The van der Waals surface area contributed by atoms with Crippen LogP contribution in [-0.4, -0.2) is 31.1 Å². The summed E-state index contributed by atoms with van der Waals surface area (Å²) in [4.78, 5) is -0.0656. The minimum Gasteiger partial charge on any atom is -0.497 e. The third-order valence-corrected chi connectivity index (χ3v) is 7.60. The summed E-state index contributed by atoms with van der Waals surface area (Å²) < 4.78 is 66.8. The number of nitrogens with one attached hydrogen (secondary N) is 2. The van der Waals surface area contributed by atoms with Gasteiger partial charge in [0.15, 0.2) is 0 Å². The molecule has 0 heterocycles. The third kappa shape index (κ3) is 5.96. The third-order valence-electron chi connectivity index (χ3n) is 4.84. The Balaban J connectivity index is 1.89. The van der Waals surface area contributed by atoms with Crippen molar-refractivity contribution in [1.82, 2.24) is 0 Å². The molecule has 0 aliphatic rings. The van der Waals surface area contributed by atoms with E-state index in [1.165, 1.54) is 44.6 Å². The normalized spacial score (nSPS) is 11.6. The van der Waals surface area contributed by atoms with Crippen LogP contribution < -0.4 is 18.9 Å². The summed E-state index contributed by atoms with van der Waals surface area (Å²) in [6, 6.07) is 16.9. The Bertz CT molecular complexity index is 1300. The Morgan fingerprint density at radius 3 is 1.91 bits per heavy atom. The molecule has 0 aromatic heterocycles. The highest BCUT2D eigenvalue weighted by Gasteiger charge is 2.21. The zero-order valence-electron chi connectivity index (χ0n) is 18.5. The second-order valence-corrected chi connectivity index (χ2v) is 10.6. The van der Waals surface area contributed by atoms with Gasteiger partial charge in [-0.1, -0.05) is 25.5 Å². The quantitative estimate of drug-likeness (QED) is 0.439. The number of hydrogen-bond acceptors (Lipinski definition) is 6. The van der Waals surface area contributed by atoms with E-state index in [-0.39, 0.29) is 21.2 Å². The first-order chi connectivity index (χ1) is 15.7. The summed E-state index contributed by atoms with van der Waals surface area (Å²) in [5, 5.41) is 0. The van der Waals surface area contributed by atoms with Crippen LogP contribution in [0.3, 0.4) is 0 Å². The number of benzene rings is 3. The topological polar surface area (TPSA) is 111 Å². The van der Waals surface area contributed by atoms with Crippen molar-refractivity contribution in [3.63, 3.8) is 0 Å². The van der Waals surface area contributed by atoms with E-state index in [0.29, 0.717) is 11.4 Å². The monoisotopic (exact) mass is 490 g/mol. The molecule has 10 heteroatoms. The first-order valence-corrected chi connectivity index (χ1v) is 13.1. The number of rotatable bonds is 10. The fourth-order valence-corrected chi connectivity index (χ4v) is 5.28. The highest BCUT2D eigenvalue weighted by molar-refractivity contribution is 7.93. The van der Waals surface area contributed by atoms with Gasteiger partial charge >= 0.3 is 0 Å². The molecule has 0 amide bonds. The molecule has 0 fully saturated rings. The van der Waals surface area contributed by atoms with Gasteiger partial charge in [-0.15, -0.1) is 0 Å². The lowest BCUT2D eigenvalue weighted by molar-refractivity contribution is 0.415. The van der Waals surface area contributed by atoms with E-state index >= 15 is 0 Å². The van der Waals surface area contributed by atoms with Gasteiger partial charge < -0.3 is 9.47 Å². The SMILES string of the molecule is CCCc1ccc(S(=O)(=O)Nc2cc(S(=O)(=O)Nc3ccc(OC)cc3)ccc2OC)cc1. The van der Waals surface area contributed by atoms with Crippen LogP contribution >= 0.6 is 0 Å². The molecular formula is C23H26N2O6S2. The van der Waals surface area contributed by atoms with Crippen LogP contribution in [0.5, 0.6) is 11.5 Å². The van der Waals surface area contributed by atoms with Crippen molar-refractivity contribution in [3.05, 3.63) is 72.3 Å². The molecule has 0 aliphatic heterocycles. The summed E-state index contributed by atoms with van der Waals surface area (Å²) in [7, 11) is -5.08. The van der Waals surface area contributed by atoms with Gasteiger partial charge in [-0.05, 0) is 66.6 Å². The fraction of sp³-hybridized carbons (Fsp3) is 0.217. The van der Waals surface area contributed by atoms with Crippen molar-refractivity contribution in [1.29, 1.82) is 0 Å². The zero-order chi connectivity index (χ0) is 24.1. The number of ether oxygens (including phenoxy) is 2. The second-order valence-electron chi connectivity index (χ2n) is 7.20. The molecule has 2 N–H and O–H groups in total. The van der Waals surface area contributed by atoms with Crippen molar-refractivity contribution in [2.45, 2.75) is 29.6 Å². The molecule has 0 unspecified atom stereocenters. The molecule has 33 heavy (non-hydrogen) atoms. The van der Waals surface area contributed by atoms with E-state index in [9.17, 15) is 16.8 Å². The summed E-state index contributed by atoms with van der Waals surface area (Å²) in [6.07, 6.45) is 1.80. The van der Waals surface area contributed by atoms with Crippen LogP contribution in [-0.2, 0) is 26.5 Å². The molecule has 176 valence electrons. The first-order valence-electron chi connectivity index (χ1n) is 10.1. The lowest BCUT2D eigenvalue weighted by atomic mass is 10.1. The van der Waals surface area contributed by atoms with E-state index in [1.54, 1.807) is 36.4 Å². The standard InChI is InChI=1S/C23H26N2O6S2/c1-4-5-17-6-12-20(13-7-17)32(26,27)25-22-16-21(14-15-23(22)31-3)33(28,29)24-18-8-10-19(30-2)11-9-18/h6-16,24-25H,4-5H2,1-3H3. The molecule has 0 atom stereocenters. The number of methoxy groups -OCH3 is 2. The van der Waals surface area contributed by atoms with Crippen LogP contribution in [0.25, 0.3) is 0 Å². The van der Waals surface area contributed by atoms with Crippen LogP contribution in [0.4, 0.5) is 11.4 Å². The zero-order valence-corrected chi connectivity index (χ0v) is 20.2. The van der Waals surface area contributed by atoms with Crippen LogP contribution in [0.2, 0.25) is 0 Å². The molecule has 8 nitrogen and oxygen atoms in total. The average molecular weight is 491 g/mol. The maximum atomic E-state index is 12.9. The van der Waals surface area contributed by atoms with Gasteiger partial charge in [0.2, 0.25) is 0 Å². The van der Waals surface area contributed by atoms with E-state index in [1.807, 2.05) is 6.92 Å². The van der Waals surface area contributed by atoms with Crippen LogP contribution in [0, 0.1) is 0 Å². The highest BCUT2D eigenvalue weighted by Crippen LogP contribution is 2.31. The van der Waals surface area contributed by atoms with Crippen LogP contribution in [0.1, 0.15) is 18.9 Å². The van der Waals surface area contributed by atoms with Gasteiger partial charge in [0, 0.05) is 5.69 Å². The molecule has 3 aromatic carbocycles. The Morgan fingerprint density at radius 2 is 1.33 bits per heavy atom. The molecule has 3 aromatic rings. The highest BCUT2D eigenvalue weighted by atomic mass is 32.2. The summed E-state index contributed by atoms with van der Waals surface area (Å²) in [6.45, 7) is 2.04. The summed E-state index contributed by atoms with van der Waals surface area (Å²) in [5.41, 5.74) is 1.38. The van der Waals surface area contributed by atoms with E-state index in [4.69, 9.17) is 9.47 Å². The fourth-order valence-electron chi connectivity index (χ4n) is 3.13. The molecule has 0 radical (unpaired) electrons. The molecule has 0 spiro atoms. The van der Waals surface area contributed by atoms with Crippen molar-refractivity contribution >= 4 is 31.4 Å². The van der Waals surface area contributed by atoms with Crippen molar-refractivity contribution in [3.8, 4) is 11.5 Å². The maximum Gasteiger partial charge on any atom is 0.262 e. The van der Waals surface area contributed by atoms with E-state index in [0.717, 1.165) is 18.4 Å². The number of aryl methyl sites for hydroxylation is 1. The molecule has 3 rings (SSSR count). The maximum absolute atomic E-state index is 12.9. The number of sulfonamides is 2. The van der Waals surface area contributed by atoms with E-state index in [2.05, 4.69) is 9.44 Å². The first kappa shape index (κ1) is 24.4. The van der Waals surface area contributed by atoms with Gasteiger partial charge in [0.25, 0.3) is 20.0 Å². The molecule has 0 saturated heterocycles. The summed E-state index contributed by atoms with van der Waals surface area (Å²) >= 11 is 0. The van der Waals surface area contributed by atoms with Crippen molar-refractivity contribution in [2.24, 2.45) is 0 Å². The second kappa shape index (κ2) is 10.1. The lowest BCUT2D eigenvalue weighted by Gasteiger charge is -2.15. The number of hydrogen-bond donors (Lipinski definition) is 2. The van der Waals surface area contributed by atoms with Gasteiger partial charge in [0.05, 0.1) is 29.7 Å². The van der Waals surface area contributed by atoms with Crippen LogP contribution in [0.15, 0.2) is 76.5 Å².